The summed E-state index contributed by atoms with van der Waals surface area (Å²) >= 11 is 0. The molecule has 7 nitrogen and oxygen atoms in total. The molecule has 2 N–H and O–H groups in total. The van der Waals surface area contributed by atoms with Crippen LogP contribution in [0.25, 0.3) is 0 Å². The minimum absolute atomic E-state index is 0.0777. The first-order valence-corrected chi connectivity index (χ1v) is 6.17. The van der Waals surface area contributed by atoms with Gasteiger partial charge in [0, 0.05) is 11.9 Å². The summed E-state index contributed by atoms with van der Waals surface area (Å²) in [6, 6.07) is 0. The van der Waals surface area contributed by atoms with Gasteiger partial charge < -0.3 is 19.8 Å². The van der Waals surface area contributed by atoms with Gasteiger partial charge in [0.05, 0.1) is 27.2 Å². The number of methoxy groups -OCH3 is 2. The Kier molecular flexibility index (Phi) is 4.07. The van der Waals surface area contributed by atoms with E-state index in [0.29, 0.717) is 6.54 Å². The Bertz CT molecular complexity index is 533. The number of ether oxygens (including phenoxy) is 2. The van der Waals surface area contributed by atoms with E-state index in [-0.39, 0.29) is 18.7 Å². The van der Waals surface area contributed by atoms with Gasteiger partial charge in [-0.15, -0.1) is 0 Å². The fourth-order valence-corrected chi connectivity index (χ4v) is 2.28. The molecular formula is C13H16N2O5. The van der Waals surface area contributed by atoms with Gasteiger partial charge in [0.1, 0.15) is 0 Å². The van der Waals surface area contributed by atoms with E-state index in [1.54, 1.807) is 6.20 Å². The molecule has 0 aromatic carbocycles. The number of carbonyl (C=O) groups excluding carboxylic acids is 3. The molecule has 2 heterocycles. The lowest BCUT2D eigenvalue weighted by Crippen LogP contribution is -2.31. The average Bonchev–Trinajstić information content (AvgIpc) is 2.85. The molecule has 2 rings (SSSR count). The Balaban J connectivity index is 2.23. The summed E-state index contributed by atoms with van der Waals surface area (Å²) in [6.07, 6.45) is 2.10. The summed E-state index contributed by atoms with van der Waals surface area (Å²) in [5.74, 6) is -2.39. The van der Waals surface area contributed by atoms with E-state index in [0.717, 1.165) is 16.8 Å². The number of nitrogens with one attached hydrogen (secondary N) is 2. The molecule has 0 unspecified atom stereocenters. The molecule has 1 aromatic heterocycles. The molecule has 20 heavy (non-hydrogen) atoms. The Hall–Kier alpha value is -2.31. The molecule has 0 saturated heterocycles. The van der Waals surface area contributed by atoms with Crippen molar-refractivity contribution in [3.8, 4) is 0 Å². The highest BCUT2D eigenvalue weighted by molar-refractivity contribution is 5.95. The lowest BCUT2D eigenvalue weighted by molar-refractivity contribution is -0.158. The first kappa shape index (κ1) is 14.1. The predicted octanol–water partition coefficient (Wildman–Crippen LogP) is -0.308. The maximum Gasteiger partial charge on any atom is 0.320 e. The molecule has 0 aliphatic carbocycles. The quantitative estimate of drug-likeness (QED) is 0.582. The summed E-state index contributed by atoms with van der Waals surface area (Å²) in [5.41, 5.74) is 2.50. The number of amides is 1. The van der Waals surface area contributed by atoms with E-state index in [1.807, 2.05) is 0 Å². The number of H-pyrrole nitrogens is 1. The third-order valence-electron chi connectivity index (χ3n) is 3.37. The topological polar surface area (TPSA) is 97.5 Å². The van der Waals surface area contributed by atoms with Gasteiger partial charge in [0.2, 0.25) is 5.91 Å². The first-order chi connectivity index (χ1) is 9.56. The molecule has 0 radical (unpaired) electrons. The van der Waals surface area contributed by atoms with E-state index in [9.17, 15) is 14.4 Å². The molecule has 1 aliphatic heterocycles. The van der Waals surface area contributed by atoms with E-state index in [2.05, 4.69) is 19.8 Å². The number of fused-ring (bicyclic) bond motifs is 1. The van der Waals surface area contributed by atoms with Crippen LogP contribution in [0.3, 0.4) is 0 Å². The van der Waals surface area contributed by atoms with Gasteiger partial charge in [-0.25, -0.2) is 0 Å². The normalized spacial score (nSPS) is 13.7. The van der Waals surface area contributed by atoms with Gasteiger partial charge in [-0.05, 0) is 17.5 Å². The molecule has 108 valence electrons. The average molecular weight is 280 g/mol. The lowest BCUT2D eigenvalue weighted by atomic mass is 9.95. The number of carbonyl (C=O) groups is 3. The third kappa shape index (κ3) is 2.66. The molecule has 0 saturated carbocycles. The van der Waals surface area contributed by atoms with Crippen molar-refractivity contribution < 1.29 is 23.9 Å². The minimum atomic E-state index is -1.02. The second-order valence-electron chi connectivity index (χ2n) is 4.53. The largest absolute Gasteiger partial charge is 0.468 e. The van der Waals surface area contributed by atoms with E-state index in [1.165, 1.54) is 14.2 Å². The van der Waals surface area contributed by atoms with Crippen molar-refractivity contribution in [2.24, 2.45) is 5.92 Å². The predicted molar refractivity (Wildman–Crippen MR) is 67.6 cm³/mol. The molecule has 0 bridgehead atoms. The second kappa shape index (κ2) is 5.77. The Morgan fingerprint density at radius 1 is 1.30 bits per heavy atom. The number of aromatic nitrogens is 1. The maximum absolute atomic E-state index is 11.7. The summed E-state index contributed by atoms with van der Waals surface area (Å²) in [6.45, 7) is 0.426. The number of esters is 2. The first-order valence-electron chi connectivity index (χ1n) is 6.17. The summed E-state index contributed by atoms with van der Waals surface area (Å²) in [4.78, 5) is 37.8. The van der Waals surface area contributed by atoms with Crippen molar-refractivity contribution in [3.63, 3.8) is 0 Å². The zero-order valence-corrected chi connectivity index (χ0v) is 11.3. The minimum Gasteiger partial charge on any atom is -0.468 e. The number of hydrogen-bond donors (Lipinski definition) is 2. The standard InChI is InChI=1S/C13H16N2O5/c1-19-12(17)9(13(18)20-2)3-7-5-14-10-6-15-11(16)4-8(7)10/h5,9,14H,3-4,6H2,1-2H3,(H,15,16). The van der Waals surface area contributed by atoms with Crippen molar-refractivity contribution in [3.05, 3.63) is 23.0 Å². The fraction of sp³-hybridized carbons (Fsp3) is 0.462. The highest BCUT2D eigenvalue weighted by Gasteiger charge is 2.31. The zero-order valence-electron chi connectivity index (χ0n) is 11.3. The van der Waals surface area contributed by atoms with Gasteiger partial charge in [-0.3, -0.25) is 14.4 Å². The van der Waals surface area contributed by atoms with Crippen molar-refractivity contribution in [2.45, 2.75) is 19.4 Å². The highest BCUT2D eigenvalue weighted by atomic mass is 16.5. The molecule has 0 spiro atoms. The monoisotopic (exact) mass is 280 g/mol. The van der Waals surface area contributed by atoms with E-state index < -0.39 is 17.9 Å². The van der Waals surface area contributed by atoms with Gasteiger partial charge in [-0.1, -0.05) is 0 Å². The Morgan fingerprint density at radius 3 is 2.55 bits per heavy atom. The van der Waals surface area contributed by atoms with Crippen LogP contribution in [0.1, 0.15) is 16.8 Å². The smallest absolute Gasteiger partial charge is 0.320 e. The summed E-state index contributed by atoms with van der Waals surface area (Å²) < 4.78 is 9.24. The van der Waals surface area contributed by atoms with E-state index in [4.69, 9.17) is 0 Å². The Labute approximate surface area is 115 Å². The van der Waals surface area contributed by atoms with Crippen LogP contribution in [0.15, 0.2) is 6.20 Å². The van der Waals surface area contributed by atoms with Gasteiger partial charge in [-0.2, -0.15) is 0 Å². The lowest BCUT2D eigenvalue weighted by Gasteiger charge is -2.16. The van der Waals surface area contributed by atoms with Crippen molar-refractivity contribution in [1.29, 1.82) is 0 Å². The van der Waals surface area contributed by atoms with Crippen LogP contribution in [0.5, 0.6) is 0 Å². The highest BCUT2D eigenvalue weighted by Crippen LogP contribution is 2.22. The summed E-state index contributed by atoms with van der Waals surface area (Å²) in [7, 11) is 2.44. The molecular weight excluding hydrogens is 264 g/mol. The van der Waals surface area contributed by atoms with Gasteiger partial charge in [0.15, 0.2) is 5.92 Å². The van der Waals surface area contributed by atoms with Crippen molar-refractivity contribution in [1.82, 2.24) is 10.3 Å². The molecule has 0 atom stereocenters. The van der Waals surface area contributed by atoms with Crippen LogP contribution in [-0.4, -0.2) is 37.0 Å². The molecule has 1 amide bonds. The SMILES string of the molecule is COC(=O)C(Cc1c[nH]c2c1CC(=O)NC2)C(=O)OC. The molecule has 7 heteroatoms. The van der Waals surface area contributed by atoms with Crippen LogP contribution in [0.2, 0.25) is 0 Å². The van der Waals surface area contributed by atoms with Crippen LogP contribution in [0.4, 0.5) is 0 Å². The molecule has 1 aromatic rings. The maximum atomic E-state index is 11.7. The van der Waals surface area contributed by atoms with E-state index >= 15 is 0 Å². The second-order valence-corrected chi connectivity index (χ2v) is 4.53. The molecule has 1 aliphatic rings. The fourth-order valence-electron chi connectivity index (χ4n) is 2.28. The Morgan fingerprint density at radius 2 is 1.95 bits per heavy atom. The molecule has 0 fully saturated rings. The summed E-state index contributed by atoms with van der Waals surface area (Å²) in [5, 5.41) is 2.72. The van der Waals surface area contributed by atoms with Crippen LogP contribution < -0.4 is 5.32 Å². The number of rotatable bonds is 4. The van der Waals surface area contributed by atoms with Gasteiger partial charge >= 0.3 is 11.9 Å². The van der Waals surface area contributed by atoms with Crippen molar-refractivity contribution >= 4 is 17.8 Å². The van der Waals surface area contributed by atoms with Gasteiger partial charge in [0.25, 0.3) is 0 Å². The van der Waals surface area contributed by atoms with Crippen LogP contribution in [-0.2, 0) is 43.2 Å². The van der Waals surface area contributed by atoms with Crippen LogP contribution in [0, 0.1) is 5.92 Å². The number of hydrogen-bond acceptors (Lipinski definition) is 5. The third-order valence-corrected chi connectivity index (χ3v) is 3.37. The zero-order chi connectivity index (χ0) is 14.7. The van der Waals surface area contributed by atoms with Crippen molar-refractivity contribution in [2.75, 3.05) is 14.2 Å². The number of aromatic amines is 1. The van der Waals surface area contributed by atoms with Crippen LogP contribution >= 0.6 is 0 Å².